The van der Waals surface area contributed by atoms with Crippen LogP contribution in [-0.2, 0) is 10.1 Å². The zero-order valence-corrected chi connectivity index (χ0v) is 19.6. The van der Waals surface area contributed by atoms with E-state index in [1.54, 1.807) is 18.2 Å². The summed E-state index contributed by atoms with van der Waals surface area (Å²) < 4.78 is 40.6. The van der Waals surface area contributed by atoms with Crippen LogP contribution in [-0.4, -0.2) is 44.6 Å². The Bertz CT molecular complexity index is 1080. The van der Waals surface area contributed by atoms with Crippen LogP contribution in [0.1, 0.15) is 48.0 Å². The van der Waals surface area contributed by atoms with Crippen LogP contribution in [0.4, 0.5) is 0 Å². The van der Waals surface area contributed by atoms with Gasteiger partial charge in [0.2, 0.25) is 5.78 Å². The number of aryl methyl sites for hydroxylation is 1. The van der Waals surface area contributed by atoms with Gasteiger partial charge in [0.25, 0.3) is 10.1 Å². The summed E-state index contributed by atoms with van der Waals surface area (Å²) in [6.07, 6.45) is 6.70. The van der Waals surface area contributed by atoms with Gasteiger partial charge in [0, 0.05) is 12.1 Å². The third-order valence-electron chi connectivity index (χ3n) is 6.67. The molecule has 2 N–H and O–H groups in total. The maximum atomic E-state index is 11.5. The Labute approximate surface area is 195 Å². The summed E-state index contributed by atoms with van der Waals surface area (Å²) in [4.78, 5) is 11.4. The molecule has 1 heterocycles. The molecule has 2 aromatic rings. The molecule has 2 aromatic carbocycles. The fourth-order valence-corrected chi connectivity index (χ4v) is 5.40. The van der Waals surface area contributed by atoms with Gasteiger partial charge in [-0.1, -0.05) is 24.1 Å². The standard InChI is InChI=1S/C18H23NO3.C7H8O3S/c20-17-11-22-18-10-14(4-5-15(17)18)21-7-1-6-19-16-9-12-2-3-13(16)8-12;1-6-2-4-7(5-3-6)11(8,9)10/h4-5,10,12-13,16,19H,1-3,6-9,11H2;2-5H,1H3,(H,8,9,10). The quantitative estimate of drug-likeness (QED) is 0.462. The van der Waals surface area contributed by atoms with Crippen molar-refractivity contribution in [2.75, 3.05) is 19.8 Å². The van der Waals surface area contributed by atoms with Crippen molar-refractivity contribution in [3.05, 3.63) is 53.6 Å². The normalized spacial score (nSPS) is 23.0. The third kappa shape index (κ3) is 6.13. The van der Waals surface area contributed by atoms with Gasteiger partial charge in [0.15, 0.2) is 6.61 Å². The highest BCUT2D eigenvalue weighted by atomic mass is 32.2. The molecule has 8 heteroatoms. The van der Waals surface area contributed by atoms with Crippen LogP contribution in [0.5, 0.6) is 11.5 Å². The summed E-state index contributed by atoms with van der Waals surface area (Å²) in [5.74, 6) is 3.41. The number of hydrogen-bond donors (Lipinski definition) is 2. The molecule has 0 radical (unpaired) electrons. The van der Waals surface area contributed by atoms with Crippen molar-refractivity contribution in [2.24, 2.45) is 11.8 Å². The largest absolute Gasteiger partial charge is 0.493 e. The highest BCUT2D eigenvalue weighted by Gasteiger charge is 2.38. The molecule has 5 rings (SSSR count). The first-order valence-corrected chi connectivity index (χ1v) is 12.9. The summed E-state index contributed by atoms with van der Waals surface area (Å²) in [5.41, 5.74) is 1.63. The first kappa shape index (κ1) is 23.7. The maximum Gasteiger partial charge on any atom is 0.294 e. The fourth-order valence-electron chi connectivity index (χ4n) is 4.92. The van der Waals surface area contributed by atoms with E-state index < -0.39 is 10.1 Å². The second-order valence-electron chi connectivity index (χ2n) is 9.10. The lowest BCUT2D eigenvalue weighted by Crippen LogP contribution is -2.35. The lowest BCUT2D eigenvalue weighted by molar-refractivity contribution is 0.0961. The fraction of sp³-hybridized carbons (Fsp3) is 0.480. The molecule has 3 aliphatic rings. The van der Waals surface area contributed by atoms with Gasteiger partial charge in [-0.2, -0.15) is 8.42 Å². The van der Waals surface area contributed by atoms with Crippen LogP contribution in [0.25, 0.3) is 0 Å². The van der Waals surface area contributed by atoms with Crippen molar-refractivity contribution >= 4 is 15.9 Å². The zero-order valence-electron chi connectivity index (χ0n) is 18.8. The molecule has 178 valence electrons. The summed E-state index contributed by atoms with van der Waals surface area (Å²) in [6, 6.07) is 12.2. The van der Waals surface area contributed by atoms with E-state index in [9.17, 15) is 13.2 Å². The second kappa shape index (κ2) is 10.2. The molecule has 3 unspecified atom stereocenters. The number of Topliss-reactive ketones (excluding diaryl/α,β-unsaturated/α-hetero) is 1. The van der Waals surface area contributed by atoms with E-state index in [0.29, 0.717) is 17.9 Å². The molecule has 3 atom stereocenters. The summed E-state index contributed by atoms with van der Waals surface area (Å²) in [6.45, 7) is 3.72. The Kier molecular flexibility index (Phi) is 7.36. The van der Waals surface area contributed by atoms with Crippen LogP contribution in [0.2, 0.25) is 0 Å². The monoisotopic (exact) mass is 473 g/mol. The molecule has 2 bridgehead atoms. The van der Waals surface area contributed by atoms with Crippen molar-refractivity contribution in [1.29, 1.82) is 0 Å². The Hall–Kier alpha value is -2.42. The highest BCUT2D eigenvalue weighted by molar-refractivity contribution is 7.85. The average molecular weight is 474 g/mol. The molecule has 0 saturated heterocycles. The Morgan fingerprint density at radius 1 is 1.12 bits per heavy atom. The molecule has 0 aromatic heterocycles. The topological polar surface area (TPSA) is 102 Å². The number of benzene rings is 2. The highest BCUT2D eigenvalue weighted by Crippen LogP contribution is 2.44. The minimum Gasteiger partial charge on any atom is -0.493 e. The van der Waals surface area contributed by atoms with Crippen LogP contribution in [0, 0.1) is 18.8 Å². The van der Waals surface area contributed by atoms with Gasteiger partial charge in [-0.15, -0.1) is 0 Å². The van der Waals surface area contributed by atoms with Gasteiger partial charge in [-0.25, -0.2) is 0 Å². The lowest BCUT2D eigenvalue weighted by Gasteiger charge is -2.22. The maximum absolute atomic E-state index is 11.5. The smallest absolute Gasteiger partial charge is 0.294 e. The molecule has 0 spiro atoms. The Morgan fingerprint density at radius 2 is 1.91 bits per heavy atom. The number of hydrogen-bond acceptors (Lipinski definition) is 6. The summed E-state index contributed by atoms with van der Waals surface area (Å²) in [5, 5.41) is 3.70. The van der Waals surface area contributed by atoms with Crippen LogP contribution in [0.3, 0.4) is 0 Å². The van der Waals surface area contributed by atoms with Crippen molar-refractivity contribution in [3.8, 4) is 11.5 Å². The first-order valence-electron chi connectivity index (χ1n) is 11.5. The van der Waals surface area contributed by atoms with Crippen molar-refractivity contribution in [2.45, 2.75) is 50.0 Å². The Morgan fingerprint density at radius 3 is 2.58 bits per heavy atom. The first-order chi connectivity index (χ1) is 15.8. The molecule has 1 aliphatic heterocycles. The number of carbonyl (C=O) groups is 1. The summed E-state index contributed by atoms with van der Waals surface area (Å²) in [7, 11) is -4.02. The average Bonchev–Trinajstić information content (AvgIpc) is 3.50. The van der Waals surface area contributed by atoms with Gasteiger partial charge < -0.3 is 14.8 Å². The molecule has 2 fully saturated rings. The minimum atomic E-state index is -4.02. The van der Waals surface area contributed by atoms with Crippen molar-refractivity contribution in [1.82, 2.24) is 5.32 Å². The molecule has 2 aliphatic carbocycles. The predicted molar refractivity (Wildman–Crippen MR) is 125 cm³/mol. The molecular weight excluding hydrogens is 442 g/mol. The molecule has 0 amide bonds. The number of ether oxygens (including phenoxy) is 2. The van der Waals surface area contributed by atoms with Gasteiger partial charge in [-0.05, 0) is 75.3 Å². The molecular formula is C25H31NO6S. The van der Waals surface area contributed by atoms with E-state index in [-0.39, 0.29) is 17.3 Å². The molecule has 7 nitrogen and oxygen atoms in total. The SMILES string of the molecule is Cc1ccc(S(=O)(=O)O)cc1.O=C1COc2cc(OCCCNC3CC4CCC3C4)ccc21. The number of nitrogens with one attached hydrogen (secondary N) is 1. The predicted octanol–water partition coefficient (Wildman–Crippen LogP) is 4.05. The summed E-state index contributed by atoms with van der Waals surface area (Å²) >= 11 is 0. The lowest BCUT2D eigenvalue weighted by atomic mass is 9.95. The van der Waals surface area contributed by atoms with E-state index in [1.807, 2.05) is 19.1 Å². The van der Waals surface area contributed by atoms with E-state index >= 15 is 0 Å². The number of ketones is 1. The van der Waals surface area contributed by atoms with Crippen LogP contribution < -0.4 is 14.8 Å². The van der Waals surface area contributed by atoms with Crippen LogP contribution >= 0.6 is 0 Å². The van der Waals surface area contributed by atoms with E-state index in [4.69, 9.17) is 14.0 Å². The number of rotatable bonds is 7. The van der Waals surface area contributed by atoms with Gasteiger partial charge in [-0.3, -0.25) is 9.35 Å². The zero-order chi connectivity index (χ0) is 23.4. The van der Waals surface area contributed by atoms with E-state index in [1.165, 1.54) is 37.8 Å². The number of fused-ring (bicyclic) bond motifs is 3. The minimum absolute atomic E-state index is 0.0524. The van der Waals surface area contributed by atoms with E-state index in [0.717, 1.165) is 42.2 Å². The second-order valence-corrected chi connectivity index (χ2v) is 10.5. The third-order valence-corrected chi connectivity index (χ3v) is 7.53. The van der Waals surface area contributed by atoms with Gasteiger partial charge in [0.1, 0.15) is 11.5 Å². The molecule has 33 heavy (non-hydrogen) atoms. The van der Waals surface area contributed by atoms with Crippen molar-refractivity contribution in [3.63, 3.8) is 0 Å². The van der Waals surface area contributed by atoms with Gasteiger partial charge >= 0.3 is 0 Å². The van der Waals surface area contributed by atoms with Crippen LogP contribution in [0.15, 0.2) is 47.4 Å². The molecule has 2 saturated carbocycles. The van der Waals surface area contributed by atoms with Gasteiger partial charge in [0.05, 0.1) is 17.1 Å². The number of carbonyl (C=O) groups excluding carboxylic acids is 1. The van der Waals surface area contributed by atoms with E-state index in [2.05, 4.69) is 5.32 Å². The van der Waals surface area contributed by atoms with Crippen molar-refractivity contribution < 1.29 is 27.2 Å². The Balaban J connectivity index is 0.000000200.